The van der Waals surface area contributed by atoms with Crippen LogP contribution in [0.25, 0.3) is 0 Å². The number of ether oxygens (including phenoxy) is 1. The molecular formula is C24H32FN3O5S. The van der Waals surface area contributed by atoms with Gasteiger partial charge < -0.3 is 15.4 Å². The summed E-state index contributed by atoms with van der Waals surface area (Å²) in [4.78, 5) is 25.0. The molecule has 0 radical (unpaired) electrons. The van der Waals surface area contributed by atoms with E-state index in [9.17, 15) is 22.4 Å². The number of hydrogen-bond acceptors (Lipinski definition) is 5. The van der Waals surface area contributed by atoms with Crippen molar-refractivity contribution in [3.8, 4) is 0 Å². The minimum absolute atomic E-state index is 0.0566. The number of nitrogens with zero attached hydrogens (tertiary/aromatic N) is 1. The fourth-order valence-electron chi connectivity index (χ4n) is 6.79. The Morgan fingerprint density at radius 3 is 2.29 bits per heavy atom. The third-order valence-corrected chi connectivity index (χ3v) is 9.87. The second kappa shape index (κ2) is 9.20. The van der Waals surface area contributed by atoms with Crippen LogP contribution in [0.1, 0.15) is 44.9 Å². The minimum Gasteiger partial charge on any atom is -0.379 e. The number of carbonyl (C=O) groups excluding carboxylic acids is 2. The van der Waals surface area contributed by atoms with Crippen molar-refractivity contribution in [2.75, 3.05) is 38.2 Å². The molecule has 2 amide bonds. The SMILES string of the molecule is O=C(CCNC(=O)C12CC3CC(CC(C3)C1)C2)Nc1ccc(F)c(S(=O)(=O)N2CCOCC2)c1. The number of anilines is 1. The second-order valence-corrected chi connectivity index (χ2v) is 12.3. The van der Waals surface area contributed by atoms with E-state index in [0.717, 1.165) is 31.4 Å². The molecule has 4 bridgehead atoms. The van der Waals surface area contributed by atoms with Crippen LogP contribution in [0.5, 0.6) is 0 Å². The van der Waals surface area contributed by atoms with E-state index in [-0.39, 0.29) is 62.2 Å². The number of hydrogen-bond donors (Lipinski definition) is 2. The van der Waals surface area contributed by atoms with Crippen LogP contribution in [0, 0.1) is 29.0 Å². The van der Waals surface area contributed by atoms with Crippen LogP contribution in [-0.4, -0.2) is 57.4 Å². The van der Waals surface area contributed by atoms with Crippen molar-refractivity contribution >= 4 is 27.5 Å². The first-order chi connectivity index (χ1) is 16.2. The molecule has 0 unspecified atom stereocenters. The molecule has 0 spiro atoms. The van der Waals surface area contributed by atoms with Crippen molar-refractivity contribution in [2.24, 2.45) is 23.2 Å². The summed E-state index contributed by atoms with van der Waals surface area (Å²) in [6.45, 7) is 1.04. The standard InChI is InChI=1S/C24H32FN3O5S/c25-20-2-1-19(12-21(20)34(31,32)28-5-7-33-8-6-28)27-22(29)3-4-26-23(30)24-13-16-9-17(14-24)11-18(10-16)15-24/h1-2,12,16-18H,3-11,13-15H2,(H,26,30)(H,27,29). The third kappa shape index (κ3) is 4.59. The number of carbonyl (C=O) groups is 2. The molecule has 1 heterocycles. The molecule has 10 heteroatoms. The maximum absolute atomic E-state index is 14.4. The Kier molecular flexibility index (Phi) is 6.41. The van der Waals surface area contributed by atoms with Gasteiger partial charge in [0, 0.05) is 37.2 Å². The quantitative estimate of drug-likeness (QED) is 0.607. The molecule has 1 aromatic rings. The van der Waals surface area contributed by atoms with Gasteiger partial charge in [0.2, 0.25) is 21.8 Å². The van der Waals surface area contributed by atoms with Crippen molar-refractivity contribution in [3.05, 3.63) is 24.0 Å². The van der Waals surface area contributed by atoms with Gasteiger partial charge in [-0.1, -0.05) is 0 Å². The third-order valence-electron chi connectivity index (χ3n) is 7.96. The van der Waals surface area contributed by atoms with Gasteiger partial charge in [0.25, 0.3) is 0 Å². The second-order valence-electron chi connectivity index (χ2n) is 10.4. The summed E-state index contributed by atoms with van der Waals surface area (Å²) in [5.74, 6) is 0.838. The van der Waals surface area contributed by atoms with E-state index in [1.807, 2.05) is 0 Å². The van der Waals surface area contributed by atoms with E-state index < -0.39 is 20.7 Å². The average Bonchev–Trinajstić information content (AvgIpc) is 2.80. The van der Waals surface area contributed by atoms with Gasteiger partial charge in [0.1, 0.15) is 10.7 Å². The monoisotopic (exact) mass is 493 g/mol. The molecule has 0 aromatic heterocycles. The lowest BCUT2D eigenvalue weighted by Gasteiger charge is -2.55. The van der Waals surface area contributed by atoms with Gasteiger partial charge in [-0.2, -0.15) is 4.31 Å². The zero-order chi connectivity index (χ0) is 23.9. The van der Waals surface area contributed by atoms with Crippen LogP contribution in [0.4, 0.5) is 10.1 Å². The molecule has 5 aliphatic rings. The molecule has 34 heavy (non-hydrogen) atoms. The molecule has 5 fully saturated rings. The average molecular weight is 494 g/mol. The van der Waals surface area contributed by atoms with Crippen LogP contribution in [0.15, 0.2) is 23.1 Å². The molecule has 4 aliphatic carbocycles. The Bertz CT molecular complexity index is 1040. The van der Waals surface area contributed by atoms with Gasteiger partial charge >= 0.3 is 0 Å². The minimum atomic E-state index is -4.03. The normalized spacial score (nSPS) is 30.8. The van der Waals surface area contributed by atoms with E-state index in [2.05, 4.69) is 10.6 Å². The number of rotatable bonds is 7. The highest BCUT2D eigenvalue weighted by atomic mass is 32.2. The zero-order valence-electron chi connectivity index (χ0n) is 19.2. The predicted octanol–water partition coefficient (Wildman–Crippen LogP) is 2.51. The highest BCUT2D eigenvalue weighted by Crippen LogP contribution is 2.60. The van der Waals surface area contributed by atoms with Crippen LogP contribution in [-0.2, 0) is 24.3 Å². The number of nitrogens with one attached hydrogen (secondary N) is 2. The van der Waals surface area contributed by atoms with Gasteiger partial charge in [0.15, 0.2) is 0 Å². The van der Waals surface area contributed by atoms with Crippen LogP contribution < -0.4 is 10.6 Å². The fraction of sp³-hybridized carbons (Fsp3) is 0.667. The van der Waals surface area contributed by atoms with Crippen LogP contribution >= 0.6 is 0 Å². The lowest BCUT2D eigenvalue weighted by atomic mass is 9.49. The Hall–Kier alpha value is -2.04. The number of morpholine rings is 1. The topological polar surface area (TPSA) is 105 Å². The molecule has 6 rings (SSSR count). The predicted molar refractivity (Wildman–Crippen MR) is 123 cm³/mol. The molecule has 0 atom stereocenters. The summed E-state index contributed by atoms with van der Waals surface area (Å²) in [6.07, 6.45) is 6.73. The molecule has 4 saturated carbocycles. The van der Waals surface area contributed by atoms with Crippen molar-refractivity contribution < 1.29 is 27.1 Å². The molecule has 1 aliphatic heterocycles. The van der Waals surface area contributed by atoms with Gasteiger partial charge in [-0.3, -0.25) is 9.59 Å². The Morgan fingerprint density at radius 1 is 1.06 bits per heavy atom. The number of amides is 2. The van der Waals surface area contributed by atoms with E-state index in [1.54, 1.807) is 0 Å². The van der Waals surface area contributed by atoms with Gasteiger partial charge in [-0.05, 0) is 74.5 Å². The summed E-state index contributed by atoms with van der Waals surface area (Å²) in [5, 5.41) is 5.60. The maximum atomic E-state index is 14.4. The van der Waals surface area contributed by atoms with Crippen molar-refractivity contribution in [1.29, 1.82) is 0 Å². The largest absolute Gasteiger partial charge is 0.379 e. The number of benzene rings is 1. The highest BCUT2D eigenvalue weighted by molar-refractivity contribution is 7.89. The molecule has 1 aromatic carbocycles. The van der Waals surface area contributed by atoms with Crippen LogP contribution in [0.3, 0.4) is 0 Å². The zero-order valence-corrected chi connectivity index (χ0v) is 20.0. The Balaban J connectivity index is 1.16. The first-order valence-corrected chi connectivity index (χ1v) is 13.6. The summed E-state index contributed by atoms with van der Waals surface area (Å²) in [5.41, 5.74) is -0.0593. The molecule has 8 nitrogen and oxygen atoms in total. The van der Waals surface area contributed by atoms with Gasteiger partial charge in [0.05, 0.1) is 13.2 Å². The first-order valence-electron chi connectivity index (χ1n) is 12.2. The van der Waals surface area contributed by atoms with Crippen molar-refractivity contribution in [2.45, 2.75) is 49.8 Å². The smallest absolute Gasteiger partial charge is 0.246 e. The van der Waals surface area contributed by atoms with E-state index in [1.165, 1.54) is 29.6 Å². The van der Waals surface area contributed by atoms with Crippen molar-refractivity contribution in [3.63, 3.8) is 0 Å². The summed E-state index contributed by atoms with van der Waals surface area (Å²) in [6, 6.07) is 3.52. The molecule has 186 valence electrons. The molecule has 2 N–H and O–H groups in total. The summed E-state index contributed by atoms with van der Waals surface area (Å²) < 4.78 is 46.4. The number of halogens is 1. The van der Waals surface area contributed by atoms with E-state index in [4.69, 9.17) is 4.74 Å². The Morgan fingerprint density at radius 2 is 1.68 bits per heavy atom. The van der Waals surface area contributed by atoms with E-state index >= 15 is 0 Å². The summed E-state index contributed by atoms with van der Waals surface area (Å²) >= 11 is 0. The van der Waals surface area contributed by atoms with Gasteiger partial charge in [-0.15, -0.1) is 0 Å². The lowest BCUT2D eigenvalue weighted by molar-refractivity contribution is -0.146. The van der Waals surface area contributed by atoms with Crippen LogP contribution in [0.2, 0.25) is 0 Å². The first kappa shape index (κ1) is 23.7. The number of sulfonamides is 1. The lowest BCUT2D eigenvalue weighted by Crippen LogP contribution is -2.53. The maximum Gasteiger partial charge on any atom is 0.246 e. The molecule has 1 saturated heterocycles. The molecular weight excluding hydrogens is 461 g/mol. The van der Waals surface area contributed by atoms with Gasteiger partial charge in [-0.25, -0.2) is 12.8 Å². The summed E-state index contributed by atoms with van der Waals surface area (Å²) in [7, 11) is -4.03. The Labute approximate surface area is 199 Å². The van der Waals surface area contributed by atoms with Crippen molar-refractivity contribution in [1.82, 2.24) is 9.62 Å². The fourth-order valence-corrected chi connectivity index (χ4v) is 8.29. The van der Waals surface area contributed by atoms with E-state index in [0.29, 0.717) is 17.8 Å². The highest BCUT2D eigenvalue weighted by Gasteiger charge is 2.54.